The Morgan fingerprint density at radius 3 is 2.56 bits per heavy atom. The summed E-state index contributed by atoms with van der Waals surface area (Å²) < 4.78 is 2.10. The first-order valence-electron chi connectivity index (χ1n) is 17.6. The number of aromatic nitrogens is 4. The summed E-state index contributed by atoms with van der Waals surface area (Å²) in [6.07, 6.45) is 8.44. The molecular formula is C37H41N9O4. The van der Waals surface area contributed by atoms with Gasteiger partial charge in [-0.15, -0.1) is 0 Å². The number of para-hydroxylation sites is 1. The molecule has 50 heavy (non-hydrogen) atoms. The van der Waals surface area contributed by atoms with Crippen LogP contribution in [-0.4, -0.2) is 99.0 Å². The van der Waals surface area contributed by atoms with E-state index in [1.807, 2.05) is 19.2 Å². The number of nitrogens with one attached hydrogen (secondary N) is 2. The molecule has 0 bridgehead atoms. The largest absolute Gasteiger partial charge is 0.385 e. The van der Waals surface area contributed by atoms with Crippen LogP contribution >= 0.6 is 0 Å². The zero-order chi connectivity index (χ0) is 34.5. The maximum atomic E-state index is 13.1. The van der Waals surface area contributed by atoms with Gasteiger partial charge in [0.1, 0.15) is 11.6 Å². The number of imide groups is 2. The zero-order valence-corrected chi connectivity index (χ0v) is 28.4. The summed E-state index contributed by atoms with van der Waals surface area (Å²) in [5.41, 5.74) is 7.14. The number of aryl methyl sites for hydroxylation is 1. The Labute approximate surface area is 290 Å². The maximum Gasteiger partial charge on any atom is 0.262 e. The predicted octanol–water partition coefficient (Wildman–Crippen LogP) is 3.80. The summed E-state index contributed by atoms with van der Waals surface area (Å²) in [4.78, 5) is 65.6. The van der Waals surface area contributed by atoms with Crippen molar-refractivity contribution in [2.75, 3.05) is 50.0 Å². The SMILES string of the molecule is Cc1nn([C@H]2C[C@H](CCCNc3ccc4c(c3)C(=O)N(C3CCC(=O)NC3=O)C4=O)C2)cc1-c1cnc2c(N3CCN(C)CC3)cccc2n1. The topological polar surface area (TPSA) is 146 Å². The highest BCUT2D eigenvalue weighted by Gasteiger charge is 2.44. The third-order valence-electron chi connectivity index (χ3n) is 10.7. The van der Waals surface area contributed by atoms with Gasteiger partial charge in [0.2, 0.25) is 11.8 Å². The standard InChI is InChI=1S/C37H41N9O4/c1-22-28(30-20-39-34-29(40-30)6-3-7-31(34)44-15-13-43(2)14-16-44)21-45(42-22)25-17-23(18-25)5-4-12-38-24-8-9-26-27(19-24)37(50)46(36(26)49)32-10-11-33(47)41-35(32)48/h3,6-9,19-21,23,25,32,38H,4-5,10-18H2,1-2H3,(H,41,47,48)/t23-,25-,32?. The van der Waals surface area contributed by atoms with E-state index in [4.69, 9.17) is 15.1 Å². The third kappa shape index (κ3) is 5.89. The molecule has 1 unspecified atom stereocenters. The van der Waals surface area contributed by atoms with E-state index in [2.05, 4.69) is 50.5 Å². The first-order valence-corrected chi connectivity index (χ1v) is 17.6. The molecule has 5 heterocycles. The Morgan fingerprint density at radius 1 is 0.960 bits per heavy atom. The van der Waals surface area contributed by atoms with Crippen LogP contribution in [0.15, 0.2) is 48.8 Å². The van der Waals surface area contributed by atoms with Crippen molar-refractivity contribution in [1.29, 1.82) is 0 Å². The zero-order valence-electron chi connectivity index (χ0n) is 28.4. The Bertz CT molecular complexity index is 2010. The quantitative estimate of drug-likeness (QED) is 0.199. The second-order valence-electron chi connectivity index (χ2n) is 14.1. The molecule has 2 saturated heterocycles. The van der Waals surface area contributed by atoms with Gasteiger partial charge in [-0.25, -0.2) is 4.98 Å². The van der Waals surface area contributed by atoms with E-state index in [0.29, 0.717) is 12.0 Å². The fourth-order valence-electron chi connectivity index (χ4n) is 7.74. The summed E-state index contributed by atoms with van der Waals surface area (Å²) in [7, 11) is 2.16. The van der Waals surface area contributed by atoms with Gasteiger partial charge in [-0.3, -0.25) is 39.1 Å². The molecule has 8 rings (SSSR count). The lowest BCUT2D eigenvalue weighted by Crippen LogP contribution is -2.54. The van der Waals surface area contributed by atoms with Gasteiger partial charge < -0.3 is 15.1 Å². The van der Waals surface area contributed by atoms with Gasteiger partial charge in [-0.2, -0.15) is 5.10 Å². The van der Waals surface area contributed by atoms with Gasteiger partial charge in [-0.05, 0) is 82.3 Å². The monoisotopic (exact) mass is 675 g/mol. The number of fused-ring (bicyclic) bond motifs is 2. The summed E-state index contributed by atoms with van der Waals surface area (Å²) in [5.74, 6) is -1.37. The molecular weight excluding hydrogens is 634 g/mol. The second kappa shape index (κ2) is 12.9. The van der Waals surface area contributed by atoms with E-state index >= 15 is 0 Å². The van der Waals surface area contributed by atoms with E-state index in [0.717, 1.165) is 103 Å². The number of piperidine rings is 1. The number of benzene rings is 2. The molecule has 2 aromatic heterocycles. The molecule has 0 spiro atoms. The van der Waals surface area contributed by atoms with Crippen molar-refractivity contribution >= 4 is 46.0 Å². The molecule has 13 nitrogen and oxygen atoms in total. The summed E-state index contributed by atoms with van der Waals surface area (Å²) >= 11 is 0. The number of likely N-dealkylation sites (N-methyl/N-ethyl adjacent to an activating group) is 1. The highest BCUT2D eigenvalue weighted by Crippen LogP contribution is 2.41. The van der Waals surface area contributed by atoms with Gasteiger partial charge in [0.25, 0.3) is 11.8 Å². The Hall–Kier alpha value is -5.17. The van der Waals surface area contributed by atoms with Gasteiger partial charge >= 0.3 is 0 Å². The minimum absolute atomic E-state index is 0.0971. The number of carbonyl (C=O) groups excluding carboxylic acids is 4. The second-order valence-corrected chi connectivity index (χ2v) is 14.1. The number of piperazine rings is 1. The first-order chi connectivity index (χ1) is 24.2. The summed E-state index contributed by atoms with van der Waals surface area (Å²) in [6.45, 7) is 6.82. The van der Waals surface area contributed by atoms with Crippen molar-refractivity contribution in [1.82, 2.24) is 34.9 Å². The third-order valence-corrected chi connectivity index (χ3v) is 10.7. The van der Waals surface area contributed by atoms with E-state index in [-0.39, 0.29) is 29.9 Å². The molecule has 3 aliphatic heterocycles. The Balaban J connectivity index is 0.834. The van der Waals surface area contributed by atoms with Crippen LogP contribution in [0.3, 0.4) is 0 Å². The van der Waals surface area contributed by atoms with Crippen molar-refractivity contribution in [3.05, 3.63) is 65.6 Å². The van der Waals surface area contributed by atoms with E-state index < -0.39 is 23.8 Å². The number of nitrogens with zero attached hydrogens (tertiary/aromatic N) is 7. The molecule has 1 aliphatic carbocycles. The van der Waals surface area contributed by atoms with Crippen LogP contribution in [-0.2, 0) is 9.59 Å². The summed E-state index contributed by atoms with van der Waals surface area (Å²) in [5, 5.41) is 10.5. The van der Waals surface area contributed by atoms with Gasteiger partial charge in [0, 0.05) is 56.6 Å². The normalized spacial score (nSPS) is 22.6. The molecule has 1 atom stereocenters. The van der Waals surface area contributed by atoms with E-state index in [9.17, 15) is 19.2 Å². The van der Waals surface area contributed by atoms with Gasteiger partial charge in [-0.1, -0.05) is 6.07 Å². The molecule has 1 saturated carbocycles. The fraction of sp³-hybridized carbons (Fsp3) is 0.432. The Kier molecular flexibility index (Phi) is 8.30. The lowest BCUT2D eigenvalue weighted by molar-refractivity contribution is -0.136. The van der Waals surface area contributed by atoms with Gasteiger partial charge in [0.05, 0.1) is 46.0 Å². The number of carbonyl (C=O) groups is 4. The van der Waals surface area contributed by atoms with Crippen LogP contribution in [0.25, 0.3) is 22.3 Å². The smallest absolute Gasteiger partial charge is 0.262 e. The minimum atomic E-state index is -0.965. The van der Waals surface area contributed by atoms with Crippen molar-refractivity contribution in [2.24, 2.45) is 5.92 Å². The molecule has 2 aromatic carbocycles. The number of anilines is 2. The van der Waals surface area contributed by atoms with E-state index in [1.165, 1.54) is 0 Å². The van der Waals surface area contributed by atoms with Gasteiger partial charge in [0.15, 0.2) is 0 Å². The summed E-state index contributed by atoms with van der Waals surface area (Å²) in [6, 6.07) is 10.8. The number of hydrogen-bond acceptors (Lipinski definition) is 10. The first kappa shape index (κ1) is 32.1. The molecule has 258 valence electrons. The molecule has 4 aliphatic rings. The molecule has 4 amide bonds. The fourth-order valence-corrected chi connectivity index (χ4v) is 7.74. The van der Waals surface area contributed by atoms with Crippen LogP contribution < -0.4 is 15.5 Å². The number of rotatable bonds is 9. The number of amides is 4. The molecule has 0 radical (unpaired) electrons. The van der Waals surface area contributed by atoms with Crippen LogP contribution in [0, 0.1) is 12.8 Å². The molecule has 4 aromatic rings. The van der Waals surface area contributed by atoms with Crippen LogP contribution in [0.5, 0.6) is 0 Å². The lowest BCUT2D eigenvalue weighted by Gasteiger charge is -2.35. The molecule has 3 fully saturated rings. The van der Waals surface area contributed by atoms with Crippen molar-refractivity contribution in [3.8, 4) is 11.3 Å². The number of hydrogen-bond donors (Lipinski definition) is 2. The van der Waals surface area contributed by atoms with Crippen molar-refractivity contribution < 1.29 is 19.2 Å². The average Bonchev–Trinajstić information content (AvgIpc) is 3.59. The van der Waals surface area contributed by atoms with Crippen LogP contribution in [0.2, 0.25) is 0 Å². The maximum absolute atomic E-state index is 13.1. The average molecular weight is 676 g/mol. The Morgan fingerprint density at radius 2 is 1.76 bits per heavy atom. The molecule has 13 heteroatoms. The highest BCUT2D eigenvalue weighted by atomic mass is 16.2. The van der Waals surface area contributed by atoms with E-state index in [1.54, 1.807) is 18.2 Å². The van der Waals surface area contributed by atoms with Crippen LogP contribution in [0.1, 0.15) is 71.0 Å². The highest BCUT2D eigenvalue weighted by molar-refractivity contribution is 6.23. The minimum Gasteiger partial charge on any atom is -0.385 e. The molecule has 2 N–H and O–H groups in total. The lowest BCUT2D eigenvalue weighted by atomic mass is 9.77. The van der Waals surface area contributed by atoms with Crippen molar-refractivity contribution in [3.63, 3.8) is 0 Å². The van der Waals surface area contributed by atoms with Crippen LogP contribution in [0.4, 0.5) is 11.4 Å². The predicted molar refractivity (Wildman–Crippen MR) is 188 cm³/mol. The van der Waals surface area contributed by atoms with Crippen molar-refractivity contribution in [2.45, 2.75) is 57.5 Å².